The van der Waals surface area contributed by atoms with E-state index < -0.39 is 74.2 Å². The number of aliphatic hydroxyl groups is 4. The molecule has 32 heavy (non-hydrogen) atoms. The lowest BCUT2D eigenvalue weighted by atomic mass is 9.99. The molecule has 1 heterocycles. The molecule has 13 heteroatoms. The van der Waals surface area contributed by atoms with Gasteiger partial charge in [-0.2, -0.15) is 0 Å². The Morgan fingerprint density at radius 1 is 1.00 bits per heavy atom. The summed E-state index contributed by atoms with van der Waals surface area (Å²) in [6.07, 6.45) is -7.85. The number of rotatable bonds is 9. The van der Waals surface area contributed by atoms with Crippen LogP contribution in [0.3, 0.4) is 0 Å². The fourth-order valence-corrected chi connectivity index (χ4v) is 2.81. The molecule has 6 atom stereocenters. The van der Waals surface area contributed by atoms with E-state index in [1.54, 1.807) is 12.1 Å². The SMILES string of the molecule is N[C@@H](Cc1ccc(O)cc1)C(=O)NCC(=O)NCC(=O)OC[C@H]1O[C@H](O)[C@H](O)[C@@H](O)[C@@H]1O. The van der Waals surface area contributed by atoms with Crippen LogP contribution in [0.1, 0.15) is 5.56 Å². The minimum Gasteiger partial charge on any atom is -0.508 e. The van der Waals surface area contributed by atoms with Crippen molar-refractivity contribution in [3.05, 3.63) is 29.8 Å². The number of nitrogens with one attached hydrogen (secondary N) is 2. The molecule has 1 fully saturated rings. The minimum absolute atomic E-state index is 0.0818. The molecule has 0 saturated carbocycles. The zero-order valence-electron chi connectivity index (χ0n) is 17.0. The van der Waals surface area contributed by atoms with Gasteiger partial charge in [0.25, 0.3) is 0 Å². The first-order valence-corrected chi connectivity index (χ1v) is 9.69. The smallest absolute Gasteiger partial charge is 0.325 e. The standard InChI is InChI=1S/C19H27N3O10/c20-11(5-9-1-3-10(23)4-2-9)18(29)22-6-13(24)21-7-14(25)31-8-12-15(26)16(27)17(28)19(30)32-12/h1-4,11-12,15-17,19,23,26-28,30H,5-8,20H2,(H,21,24)(H,22,29)/t11-,12+,15+,16-,17+,19-/m0/s1. The van der Waals surface area contributed by atoms with Gasteiger partial charge in [-0.3, -0.25) is 14.4 Å². The van der Waals surface area contributed by atoms with Crippen molar-refractivity contribution in [2.24, 2.45) is 5.73 Å². The number of carbonyl (C=O) groups excluding carboxylic acids is 3. The molecule has 1 aromatic rings. The van der Waals surface area contributed by atoms with E-state index in [-0.39, 0.29) is 12.2 Å². The summed E-state index contributed by atoms with van der Waals surface area (Å²) in [6.45, 7) is -1.53. The number of carbonyl (C=O) groups is 3. The number of phenols is 1. The summed E-state index contributed by atoms with van der Waals surface area (Å²) in [5.74, 6) is -2.09. The van der Waals surface area contributed by atoms with E-state index in [0.717, 1.165) is 5.56 Å². The first kappa shape index (κ1) is 25.5. The third-order valence-electron chi connectivity index (χ3n) is 4.68. The number of hydrogen-bond acceptors (Lipinski definition) is 11. The van der Waals surface area contributed by atoms with E-state index in [1.165, 1.54) is 12.1 Å². The zero-order valence-corrected chi connectivity index (χ0v) is 17.0. The third kappa shape index (κ3) is 7.40. The predicted molar refractivity (Wildman–Crippen MR) is 106 cm³/mol. The topological polar surface area (TPSA) is 221 Å². The summed E-state index contributed by atoms with van der Waals surface area (Å²) < 4.78 is 9.66. The summed E-state index contributed by atoms with van der Waals surface area (Å²) in [4.78, 5) is 35.5. The second-order valence-corrected chi connectivity index (χ2v) is 7.19. The number of amides is 2. The summed E-state index contributed by atoms with van der Waals surface area (Å²) in [6, 6.07) is 5.22. The molecule has 0 bridgehead atoms. The molecule has 2 rings (SSSR count). The molecular weight excluding hydrogens is 430 g/mol. The van der Waals surface area contributed by atoms with Crippen molar-refractivity contribution in [3.8, 4) is 5.75 Å². The maximum atomic E-state index is 12.0. The summed E-state index contributed by atoms with van der Waals surface area (Å²) >= 11 is 0. The number of esters is 1. The molecule has 0 spiro atoms. The van der Waals surface area contributed by atoms with E-state index in [4.69, 9.17) is 15.2 Å². The normalized spacial score (nSPS) is 26.1. The Balaban J connectivity index is 1.65. The quantitative estimate of drug-likeness (QED) is 0.166. The van der Waals surface area contributed by atoms with Gasteiger partial charge < -0.3 is 51.4 Å². The van der Waals surface area contributed by atoms with Crippen molar-refractivity contribution in [3.63, 3.8) is 0 Å². The second-order valence-electron chi connectivity index (χ2n) is 7.19. The fourth-order valence-electron chi connectivity index (χ4n) is 2.81. The molecule has 13 nitrogen and oxygen atoms in total. The predicted octanol–water partition coefficient (Wildman–Crippen LogP) is -4.16. The highest BCUT2D eigenvalue weighted by atomic mass is 16.6. The van der Waals surface area contributed by atoms with Gasteiger partial charge in [-0.05, 0) is 24.1 Å². The van der Waals surface area contributed by atoms with Crippen molar-refractivity contribution in [1.29, 1.82) is 0 Å². The van der Waals surface area contributed by atoms with Crippen molar-refractivity contribution in [2.45, 2.75) is 43.2 Å². The molecule has 1 aliphatic rings. The monoisotopic (exact) mass is 457 g/mol. The van der Waals surface area contributed by atoms with Crippen LogP contribution in [0.25, 0.3) is 0 Å². The highest BCUT2D eigenvalue weighted by Crippen LogP contribution is 2.20. The first-order chi connectivity index (χ1) is 15.1. The van der Waals surface area contributed by atoms with Crippen molar-refractivity contribution < 1.29 is 49.4 Å². The Labute approximate surface area is 182 Å². The van der Waals surface area contributed by atoms with Crippen LogP contribution in [0.5, 0.6) is 5.75 Å². The molecule has 0 radical (unpaired) electrons. The van der Waals surface area contributed by atoms with E-state index in [9.17, 15) is 39.9 Å². The average molecular weight is 457 g/mol. The summed E-state index contributed by atoms with van der Waals surface area (Å²) in [5, 5.41) is 51.9. The Kier molecular flexibility index (Phi) is 9.31. The molecule has 0 unspecified atom stereocenters. The van der Waals surface area contributed by atoms with Crippen LogP contribution in [-0.2, 0) is 30.3 Å². The van der Waals surface area contributed by atoms with E-state index in [0.29, 0.717) is 0 Å². The molecule has 1 aliphatic heterocycles. The molecule has 178 valence electrons. The van der Waals surface area contributed by atoms with E-state index in [1.807, 2.05) is 0 Å². The number of aromatic hydroxyl groups is 1. The first-order valence-electron chi connectivity index (χ1n) is 9.69. The highest BCUT2D eigenvalue weighted by molar-refractivity contribution is 5.88. The average Bonchev–Trinajstić information content (AvgIpc) is 2.77. The van der Waals surface area contributed by atoms with Gasteiger partial charge in [0.1, 0.15) is 43.3 Å². The van der Waals surface area contributed by atoms with Gasteiger partial charge in [-0.1, -0.05) is 12.1 Å². The van der Waals surface area contributed by atoms with Crippen molar-refractivity contribution in [1.82, 2.24) is 10.6 Å². The van der Waals surface area contributed by atoms with Gasteiger partial charge in [-0.25, -0.2) is 0 Å². The van der Waals surface area contributed by atoms with E-state index >= 15 is 0 Å². The molecular formula is C19H27N3O10. The minimum atomic E-state index is -1.76. The van der Waals surface area contributed by atoms with Gasteiger partial charge in [0.05, 0.1) is 12.6 Å². The largest absolute Gasteiger partial charge is 0.508 e. The molecule has 0 aromatic heterocycles. The molecule has 1 saturated heterocycles. The molecule has 0 aliphatic carbocycles. The van der Waals surface area contributed by atoms with Gasteiger partial charge in [-0.15, -0.1) is 0 Å². The Bertz CT molecular complexity index is 790. The van der Waals surface area contributed by atoms with E-state index in [2.05, 4.69) is 10.6 Å². The van der Waals surface area contributed by atoms with Crippen LogP contribution in [0.15, 0.2) is 24.3 Å². The van der Waals surface area contributed by atoms with Crippen LogP contribution in [0.4, 0.5) is 0 Å². The lowest BCUT2D eigenvalue weighted by Gasteiger charge is -2.37. The Hall–Kier alpha value is -2.81. The lowest BCUT2D eigenvalue weighted by Crippen LogP contribution is -2.58. The fraction of sp³-hybridized carbons (Fsp3) is 0.526. The van der Waals surface area contributed by atoms with Crippen LogP contribution in [0.2, 0.25) is 0 Å². The zero-order chi connectivity index (χ0) is 23.8. The maximum absolute atomic E-state index is 12.0. The van der Waals surface area contributed by atoms with Crippen LogP contribution in [-0.4, -0.2) is 99.8 Å². The van der Waals surface area contributed by atoms with Crippen LogP contribution in [0, 0.1) is 0 Å². The third-order valence-corrected chi connectivity index (χ3v) is 4.68. The lowest BCUT2D eigenvalue weighted by molar-refractivity contribution is -0.287. The second kappa shape index (κ2) is 11.7. The van der Waals surface area contributed by atoms with Crippen molar-refractivity contribution >= 4 is 17.8 Å². The van der Waals surface area contributed by atoms with Crippen molar-refractivity contribution in [2.75, 3.05) is 19.7 Å². The number of hydrogen-bond donors (Lipinski definition) is 8. The maximum Gasteiger partial charge on any atom is 0.325 e. The number of ether oxygens (including phenoxy) is 2. The van der Waals surface area contributed by atoms with Crippen LogP contribution < -0.4 is 16.4 Å². The summed E-state index contributed by atoms with van der Waals surface area (Å²) in [5.41, 5.74) is 6.50. The van der Waals surface area contributed by atoms with Crippen LogP contribution >= 0.6 is 0 Å². The number of benzene rings is 1. The number of nitrogens with two attached hydrogens (primary N) is 1. The molecule has 1 aromatic carbocycles. The number of phenolic OH excluding ortho intramolecular Hbond substituents is 1. The van der Waals surface area contributed by atoms with Gasteiger partial charge in [0.2, 0.25) is 11.8 Å². The highest BCUT2D eigenvalue weighted by Gasteiger charge is 2.43. The Morgan fingerprint density at radius 2 is 1.66 bits per heavy atom. The molecule has 9 N–H and O–H groups in total. The number of aliphatic hydroxyl groups excluding tert-OH is 4. The van der Waals surface area contributed by atoms with Gasteiger partial charge in [0.15, 0.2) is 6.29 Å². The molecule has 2 amide bonds. The summed E-state index contributed by atoms with van der Waals surface area (Å²) in [7, 11) is 0. The Morgan fingerprint density at radius 3 is 2.31 bits per heavy atom. The van der Waals surface area contributed by atoms with Gasteiger partial charge >= 0.3 is 5.97 Å². The van der Waals surface area contributed by atoms with Gasteiger partial charge in [0, 0.05) is 0 Å².